The molecule has 0 aliphatic carbocycles. The van der Waals surface area contributed by atoms with Gasteiger partial charge in [-0.1, -0.05) is 18.2 Å². The molecule has 1 aromatic carbocycles. The standard InChI is InChI=1S/C23H25N5O3/c1-15-10-19(17(3)27(15)16(2)13-31-4)21(29)12-26-14-24-22-20(23(26)30)11-25-28(22)18-8-6-5-7-9-18/h5-11,14,16H,12-13H2,1-4H3/t16-/m0/s1. The highest BCUT2D eigenvalue weighted by atomic mass is 16.5. The summed E-state index contributed by atoms with van der Waals surface area (Å²) in [7, 11) is 1.66. The number of fused-ring (bicyclic) bond motifs is 1. The van der Waals surface area contributed by atoms with Gasteiger partial charge in [-0.25, -0.2) is 9.67 Å². The Balaban J connectivity index is 1.65. The Morgan fingerprint density at radius 3 is 2.65 bits per heavy atom. The molecule has 160 valence electrons. The molecule has 0 aliphatic heterocycles. The maximum Gasteiger partial charge on any atom is 0.264 e. The second kappa shape index (κ2) is 8.31. The lowest BCUT2D eigenvalue weighted by molar-refractivity contribution is 0.0969. The average molecular weight is 419 g/mol. The molecule has 0 radical (unpaired) electrons. The highest BCUT2D eigenvalue weighted by molar-refractivity contribution is 5.97. The molecule has 8 nitrogen and oxygen atoms in total. The van der Waals surface area contributed by atoms with Crippen LogP contribution in [0.5, 0.6) is 0 Å². The van der Waals surface area contributed by atoms with E-state index in [4.69, 9.17) is 4.74 Å². The average Bonchev–Trinajstić information content (AvgIpc) is 3.32. The van der Waals surface area contributed by atoms with Gasteiger partial charge in [0.25, 0.3) is 5.56 Å². The van der Waals surface area contributed by atoms with Crippen LogP contribution in [-0.4, -0.2) is 43.4 Å². The van der Waals surface area contributed by atoms with Crippen molar-refractivity contribution in [2.45, 2.75) is 33.4 Å². The third-order valence-electron chi connectivity index (χ3n) is 5.50. The van der Waals surface area contributed by atoms with E-state index in [0.29, 0.717) is 23.2 Å². The molecule has 1 atom stereocenters. The van der Waals surface area contributed by atoms with Crippen molar-refractivity contribution in [3.8, 4) is 5.69 Å². The predicted molar refractivity (Wildman–Crippen MR) is 118 cm³/mol. The van der Waals surface area contributed by atoms with Crippen LogP contribution in [0.4, 0.5) is 0 Å². The molecule has 0 N–H and O–H groups in total. The van der Waals surface area contributed by atoms with E-state index in [1.165, 1.54) is 17.1 Å². The van der Waals surface area contributed by atoms with E-state index in [9.17, 15) is 9.59 Å². The van der Waals surface area contributed by atoms with Crippen LogP contribution in [0.25, 0.3) is 16.7 Å². The van der Waals surface area contributed by atoms with Crippen molar-refractivity contribution in [2.75, 3.05) is 13.7 Å². The minimum Gasteiger partial charge on any atom is -0.383 e. The Morgan fingerprint density at radius 2 is 1.94 bits per heavy atom. The Morgan fingerprint density at radius 1 is 1.19 bits per heavy atom. The zero-order valence-corrected chi connectivity index (χ0v) is 18.1. The first-order valence-electron chi connectivity index (χ1n) is 10.1. The molecule has 8 heteroatoms. The molecule has 3 aromatic heterocycles. The number of ketones is 1. The molecule has 31 heavy (non-hydrogen) atoms. The second-order valence-electron chi connectivity index (χ2n) is 7.69. The summed E-state index contributed by atoms with van der Waals surface area (Å²) in [6, 6.07) is 11.5. The van der Waals surface area contributed by atoms with E-state index < -0.39 is 0 Å². The third kappa shape index (κ3) is 3.70. The maximum absolute atomic E-state index is 13.0. The van der Waals surface area contributed by atoms with E-state index in [2.05, 4.69) is 14.6 Å². The Hall–Kier alpha value is -3.52. The molecule has 0 spiro atoms. The van der Waals surface area contributed by atoms with E-state index >= 15 is 0 Å². The molecule has 0 aliphatic rings. The van der Waals surface area contributed by atoms with Gasteiger partial charge in [0, 0.05) is 24.1 Å². The van der Waals surface area contributed by atoms with Crippen molar-refractivity contribution in [2.24, 2.45) is 0 Å². The minimum atomic E-state index is -0.290. The summed E-state index contributed by atoms with van der Waals surface area (Å²) < 4.78 is 10.3. The van der Waals surface area contributed by atoms with E-state index in [-0.39, 0.29) is 23.9 Å². The van der Waals surface area contributed by atoms with Gasteiger partial charge in [-0.05, 0) is 39.0 Å². The van der Waals surface area contributed by atoms with Crippen molar-refractivity contribution in [3.63, 3.8) is 0 Å². The second-order valence-corrected chi connectivity index (χ2v) is 7.69. The van der Waals surface area contributed by atoms with Gasteiger partial charge in [-0.3, -0.25) is 14.2 Å². The number of ether oxygens (including phenoxy) is 1. The predicted octanol–water partition coefficient (Wildman–Crippen LogP) is 3.09. The van der Waals surface area contributed by atoms with Crippen LogP contribution < -0.4 is 5.56 Å². The van der Waals surface area contributed by atoms with Crippen LogP contribution in [0, 0.1) is 13.8 Å². The number of hydrogen-bond donors (Lipinski definition) is 0. The smallest absolute Gasteiger partial charge is 0.264 e. The highest BCUT2D eigenvalue weighted by Crippen LogP contribution is 2.21. The van der Waals surface area contributed by atoms with Crippen molar-refractivity contribution in [1.29, 1.82) is 0 Å². The number of aromatic nitrogens is 5. The van der Waals surface area contributed by atoms with Crippen molar-refractivity contribution < 1.29 is 9.53 Å². The van der Waals surface area contributed by atoms with Gasteiger partial charge in [0.1, 0.15) is 11.7 Å². The zero-order chi connectivity index (χ0) is 22.1. The Labute approximate surface area is 179 Å². The summed E-state index contributed by atoms with van der Waals surface area (Å²) >= 11 is 0. The number of hydrogen-bond acceptors (Lipinski definition) is 5. The molecule has 4 aromatic rings. The number of carbonyl (C=O) groups excluding carboxylic acids is 1. The van der Waals surface area contributed by atoms with Crippen molar-refractivity contribution >= 4 is 16.8 Å². The first-order valence-corrected chi connectivity index (χ1v) is 10.1. The van der Waals surface area contributed by atoms with Gasteiger partial charge in [0.05, 0.1) is 31.1 Å². The largest absolute Gasteiger partial charge is 0.383 e. The summed E-state index contributed by atoms with van der Waals surface area (Å²) in [4.78, 5) is 30.4. The Bertz CT molecular complexity index is 1300. The molecule has 0 amide bonds. The molecule has 0 saturated carbocycles. The normalized spacial score (nSPS) is 12.4. The van der Waals surface area contributed by atoms with Gasteiger partial charge >= 0.3 is 0 Å². The number of nitrogens with zero attached hydrogens (tertiary/aromatic N) is 5. The topological polar surface area (TPSA) is 83.9 Å². The lowest BCUT2D eigenvalue weighted by Crippen LogP contribution is -2.25. The molecule has 0 bridgehead atoms. The fraction of sp³-hybridized carbons (Fsp3) is 0.304. The van der Waals surface area contributed by atoms with Crippen LogP contribution in [-0.2, 0) is 11.3 Å². The van der Waals surface area contributed by atoms with Crippen molar-refractivity contribution in [3.05, 3.63) is 76.2 Å². The first-order chi connectivity index (χ1) is 14.9. The lowest BCUT2D eigenvalue weighted by Gasteiger charge is -2.17. The van der Waals surface area contributed by atoms with Crippen molar-refractivity contribution in [1.82, 2.24) is 23.9 Å². The van der Waals surface area contributed by atoms with E-state index in [1.807, 2.05) is 57.2 Å². The van der Waals surface area contributed by atoms with Crippen LogP contribution in [0.1, 0.15) is 34.7 Å². The quantitative estimate of drug-likeness (QED) is 0.430. The number of para-hydroxylation sites is 1. The number of methoxy groups -OCH3 is 1. The summed E-state index contributed by atoms with van der Waals surface area (Å²) in [5, 5.41) is 4.68. The fourth-order valence-electron chi connectivity index (χ4n) is 4.11. The maximum atomic E-state index is 13.0. The Kier molecular flexibility index (Phi) is 5.56. The molecule has 0 saturated heterocycles. The number of benzene rings is 1. The summed E-state index contributed by atoms with van der Waals surface area (Å²) in [6.45, 7) is 6.40. The fourth-order valence-corrected chi connectivity index (χ4v) is 4.11. The summed E-state index contributed by atoms with van der Waals surface area (Å²) in [5.41, 5.74) is 3.44. The minimum absolute atomic E-state index is 0.0821. The van der Waals surface area contributed by atoms with Gasteiger partial charge in [-0.15, -0.1) is 0 Å². The van der Waals surface area contributed by atoms with Gasteiger partial charge in [0.2, 0.25) is 0 Å². The number of rotatable bonds is 7. The van der Waals surface area contributed by atoms with Gasteiger partial charge in [0.15, 0.2) is 11.4 Å². The van der Waals surface area contributed by atoms with E-state index in [0.717, 1.165) is 17.1 Å². The molecule has 3 heterocycles. The number of carbonyl (C=O) groups is 1. The number of aryl methyl sites for hydroxylation is 1. The SMILES string of the molecule is COC[C@H](C)n1c(C)cc(C(=O)Cn2cnc3c(cnn3-c3ccccc3)c2=O)c1C. The van der Waals surface area contributed by atoms with Gasteiger partial charge in [-0.2, -0.15) is 5.10 Å². The van der Waals surface area contributed by atoms with Gasteiger partial charge < -0.3 is 9.30 Å². The molecule has 4 rings (SSSR count). The molecular weight excluding hydrogens is 394 g/mol. The van der Waals surface area contributed by atoms with Crippen LogP contribution in [0.3, 0.4) is 0 Å². The molecule has 0 fully saturated rings. The summed E-state index contributed by atoms with van der Waals surface area (Å²) in [5.74, 6) is -0.136. The third-order valence-corrected chi connectivity index (χ3v) is 5.50. The van der Waals surface area contributed by atoms with Crippen LogP contribution in [0.2, 0.25) is 0 Å². The molecular formula is C23H25N5O3. The zero-order valence-electron chi connectivity index (χ0n) is 18.1. The van der Waals surface area contributed by atoms with Crippen LogP contribution >= 0.6 is 0 Å². The first kappa shape index (κ1) is 20.7. The summed E-state index contributed by atoms with van der Waals surface area (Å²) in [6.07, 6.45) is 2.91. The highest BCUT2D eigenvalue weighted by Gasteiger charge is 2.20. The molecule has 0 unspecified atom stereocenters. The van der Waals surface area contributed by atoms with E-state index in [1.54, 1.807) is 11.8 Å². The lowest BCUT2D eigenvalue weighted by atomic mass is 10.1. The number of Topliss-reactive ketones (excluding diaryl/α,β-unsaturated/α-hetero) is 1. The monoisotopic (exact) mass is 419 g/mol. The van der Waals surface area contributed by atoms with Crippen LogP contribution in [0.15, 0.2) is 53.7 Å².